The van der Waals surface area contributed by atoms with E-state index in [0.717, 1.165) is 0 Å². The Hall–Kier alpha value is -0.950. The van der Waals surface area contributed by atoms with Crippen LogP contribution in [0.3, 0.4) is 0 Å². The Morgan fingerprint density at radius 3 is 2.58 bits per heavy atom. The van der Waals surface area contributed by atoms with Crippen molar-refractivity contribution in [1.82, 2.24) is 10.4 Å². The zero-order chi connectivity index (χ0) is 14.7. The predicted octanol–water partition coefficient (Wildman–Crippen LogP) is 0.576. The highest BCUT2D eigenvalue weighted by Gasteiger charge is 2.50. The van der Waals surface area contributed by atoms with Gasteiger partial charge in [0.1, 0.15) is 19.0 Å². The minimum Gasteiger partial charge on any atom is -0.352 e. The highest BCUT2D eigenvalue weighted by atomic mass is 16.9. The Morgan fingerprint density at radius 2 is 2.11 bits per heavy atom. The average molecular weight is 271 g/mol. The van der Waals surface area contributed by atoms with Crippen LogP contribution in [0.2, 0.25) is 0 Å². The predicted molar refractivity (Wildman–Crippen MR) is 74.1 cm³/mol. The van der Waals surface area contributed by atoms with Gasteiger partial charge in [-0.15, -0.1) is 10.9 Å². The van der Waals surface area contributed by atoms with Crippen molar-refractivity contribution in [2.45, 2.75) is 33.2 Å². The second-order valence-electron chi connectivity index (χ2n) is 6.08. The van der Waals surface area contributed by atoms with Crippen molar-refractivity contribution < 1.29 is 14.5 Å². The molecule has 6 nitrogen and oxygen atoms in total. The van der Waals surface area contributed by atoms with Gasteiger partial charge in [0.25, 0.3) is 0 Å². The van der Waals surface area contributed by atoms with Crippen molar-refractivity contribution in [2.24, 2.45) is 11.8 Å². The van der Waals surface area contributed by atoms with Gasteiger partial charge in [-0.2, -0.15) is 0 Å². The molecule has 0 aliphatic carbocycles. The molecule has 1 fully saturated rings. The molecule has 1 amide bonds. The Kier molecular flexibility index (Phi) is 5.09. The number of carbonyl (C=O) groups excluding carboxylic acids is 1. The third-order valence-electron chi connectivity index (χ3n) is 3.29. The Labute approximate surface area is 115 Å². The lowest BCUT2D eigenvalue weighted by Crippen LogP contribution is -2.72. The summed E-state index contributed by atoms with van der Waals surface area (Å²) in [6.07, 6.45) is 3.82. The maximum atomic E-state index is 11.8. The molecule has 0 unspecified atom stereocenters. The van der Waals surface area contributed by atoms with E-state index in [0.29, 0.717) is 19.6 Å². The molecular weight excluding hydrogens is 244 g/mol. The van der Waals surface area contributed by atoms with E-state index < -0.39 is 0 Å². The zero-order valence-corrected chi connectivity index (χ0v) is 12.6. The lowest BCUT2D eigenvalue weighted by Gasteiger charge is -2.44. The highest BCUT2D eigenvalue weighted by Crippen LogP contribution is 2.25. The molecule has 1 heterocycles. The van der Waals surface area contributed by atoms with Gasteiger partial charge >= 0.3 is 0 Å². The highest BCUT2D eigenvalue weighted by molar-refractivity contribution is 5.79. The summed E-state index contributed by atoms with van der Waals surface area (Å²) in [6, 6.07) is 0. The van der Waals surface area contributed by atoms with Crippen molar-refractivity contribution in [3.05, 3.63) is 12.2 Å². The minimum absolute atomic E-state index is 0.0323. The number of hydrogen-bond acceptors (Lipinski definition) is 4. The van der Waals surface area contributed by atoms with Crippen molar-refractivity contribution in [3.63, 3.8) is 0 Å². The number of nitrogens with two attached hydrogens (primary N) is 1. The van der Waals surface area contributed by atoms with E-state index >= 15 is 0 Å². The monoisotopic (exact) mass is 271 g/mol. The van der Waals surface area contributed by atoms with Gasteiger partial charge in [0.2, 0.25) is 5.91 Å². The van der Waals surface area contributed by atoms with Gasteiger partial charge in [0.15, 0.2) is 0 Å². The third-order valence-corrected chi connectivity index (χ3v) is 3.29. The smallest absolute Gasteiger partial charge is 0.235 e. The molecule has 19 heavy (non-hydrogen) atoms. The maximum absolute atomic E-state index is 11.8. The van der Waals surface area contributed by atoms with Crippen LogP contribution in [0.25, 0.3) is 0 Å². The number of hydrogen-bond donors (Lipinski definition) is 2. The van der Waals surface area contributed by atoms with Crippen LogP contribution >= 0.6 is 0 Å². The molecule has 0 aromatic heterocycles. The van der Waals surface area contributed by atoms with Crippen molar-refractivity contribution in [1.29, 1.82) is 0 Å². The molecule has 0 radical (unpaired) electrons. The van der Waals surface area contributed by atoms with E-state index in [-0.39, 0.29) is 22.1 Å². The number of amides is 1. The van der Waals surface area contributed by atoms with E-state index in [4.69, 9.17) is 10.8 Å². The average Bonchev–Trinajstić information content (AvgIpc) is 2.24. The number of allylic oxidation sites excluding steroid dienone is 1. The van der Waals surface area contributed by atoms with E-state index in [2.05, 4.69) is 5.32 Å². The lowest BCUT2D eigenvalue weighted by molar-refractivity contribution is -1.17. The van der Waals surface area contributed by atoms with Gasteiger partial charge < -0.3 is 5.32 Å². The first kappa shape index (κ1) is 16.1. The number of quaternary nitrogens is 1. The third kappa shape index (κ3) is 4.58. The van der Waals surface area contributed by atoms with Crippen LogP contribution in [0, 0.1) is 5.92 Å². The molecule has 0 aromatic rings. The van der Waals surface area contributed by atoms with Crippen LogP contribution in [0.1, 0.15) is 27.7 Å². The Balaban J connectivity index is 2.37. The van der Waals surface area contributed by atoms with Crippen LogP contribution in [-0.4, -0.2) is 47.9 Å². The fourth-order valence-corrected chi connectivity index (χ4v) is 1.71. The molecule has 110 valence electrons. The largest absolute Gasteiger partial charge is 0.352 e. The quantitative estimate of drug-likeness (QED) is 0.332. The zero-order valence-electron chi connectivity index (χ0n) is 12.6. The number of rotatable bonds is 5. The SMILES string of the molecule is C/C=C/CNC(=O)C1C[N+](N)(ON(C)C(C)(C)C)C1. The van der Waals surface area contributed by atoms with Gasteiger partial charge in [0.05, 0.1) is 0 Å². The van der Waals surface area contributed by atoms with Gasteiger partial charge in [-0.05, 0) is 27.7 Å². The standard InChI is InChI=1S/C13H26N4O2/c1-6-7-8-15-12(18)11-9-17(14,10-11)19-16(5)13(2,3)4/h6-7,11H,8-10,14H2,1-5H3/p+1/b7-6+. The van der Waals surface area contributed by atoms with Crippen LogP contribution in [0.15, 0.2) is 12.2 Å². The van der Waals surface area contributed by atoms with Crippen LogP contribution in [0.4, 0.5) is 0 Å². The molecule has 0 saturated carbocycles. The Bertz CT molecular complexity index is 343. The van der Waals surface area contributed by atoms with Crippen LogP contribution in [-0.2, 0) is 9.73 Å². The van der Waals surface area contributed by atoms with Crippen LogP contribution in [0.5, 0.6) is 0 Å². The normalized spacial score (nSPS) is 27.6. The number of nitrogens with one attached hydrogen (secondary N) is 1. The molecule has 0 spiro atoms. The molecule has 1 saturated heterocycles. The Morgan fingerprint density at radius 1 is 1.53 bits per heavy atom. The fraction of sp³-hybridized carbons (Fsp3) is 0.769. The first-order valence-electron chi connectivity index (χ1n) is 6.66. The van der Waals surface area contributed by atoms with Gasteiger partial charge in [-0.25, -0.2) is 0 Å². The maximum Gasteiger partial charge on any atom is 0.235 e. The summed E-state index contributed by atoms with van der Waals surface area (Å²) in [5, 5.41) is 4.58. The van der Waals surface area contributed by atoms with E-state index in [9.17, 15) is 4.79 Å². The molecule has 0 bridgehead atoms. The van der Waals surface area contributed by atoms with Crippen LogP contribution < -0.4 is 11.2 Å². The molecular formula is C13H27N4O2+. The summed E-state index contributed by atoms with van der Waals surface area (Å²) < 4.78 is -0.0323. The summed E-state index contributed by atoms with van der Waals surface area (Å²) in [4.78, 5) is 17.5. The molecule has 0 aromatic carbocycles. The summed E-state index contributed by atoms with van der Waals surface area (Å²) in [5.41, 5.74) is -0.121. The second kappa shape index (κ2) is 6.00. The molecule has 3 N–H and O–H groups in total. The van der Waals surface area contributed by atoms with Gasteiger partial charge in [-0.3, -0.25) is 4.79 Å². The van der Waals surface area contributed by atoms with E-state index in [1.165, 1.54) is 0 Å². The molecule has 6 heteroatoms. The van der Waals surface area contributed by atoms with E-state index in [1.807, 2.05) is 46.9 Å². The second-order valence-corrected chi connectivity index (χ2v) is 6.08. The van der Waals surface area contributed by atoms with Gasteiger partial charge in [0, 0.05) is 19.1 Å². The molecule has 0 atom stereocenters. The minimum atomic E-state index is -0.121. The summed E-state index contributed by atoms with van der Waals surface area (Å²) in [7, 11) is 1.85. The number of nitrogens with zero attached hydrogens (tertiary/aromatic N) is 2. The number of hydroxylamine groups is 4. The number of carbonyl (C=O) groups is 1. The van der Waals surface area contributed by atoms with Crippen molar-refractivity contribution >= 4 is 5.91 Å². The summed E-state index contributed by atoms with van der Waals surface area (Å²) in [5.74, 6) is 6.04. The van der Waals surface area contributed by atoms with Gasteiger partial charge in [-0.1, -0.05) is 21.8 Å². The topological polar surface area (TPSA) is 67.6 Å². The molecule has 1 aliphatic heterocycles. The van der Waals surface area contributed by atoms with E-state index in [1.54, 1.807) is 5.06 Å². The summed E-state index contributed by atoms with van der Waals surface area (Å²) in [6.45, 7) is 9.62. The van der Waals surface area contributed by atoms with Crippen molar-refractivity contribution in [2.75, 3.05) is 26.7 Å². The summed E-state index contributed by atoms with van der Waals surface area (Å²) >= 11 is 0. The molecule has 1 rings (SSSR count). The fourth-order valence-electron chi connectivity index (χ4n) is 1.71. The lowest BCUT2D eigenvalue weighted by atomic mass is 10.0. The molecule has 1 aliphatic rings. The first-order chi connectivity index (χ1) is 8.68. The van der Waals surface area contributed by atoms with Crippen molar-refractivity contribution in [3.8, 4) is 0 Å². The first-order valence-corrected chi connectivity index (χ1v) is 6.66.